The van der Waals surface area contributed by atoms with E-state index in [1.54, 1.807) is 12.3 Å². The number of aromatic nitrogens is 4. The number of benzene rings is 1. The Hall–Kier alpha value is -3.95. The Morgan fingerprint density at radius 1 is 1.17 bits per heavy atom. The lowest BCUT2D eigenvalue weighted by molar-refractivity contribution is -0.384. The average Bonchev–Trinajstić information content (AvgIpc) is 2.98. The number of fused-ring (bicyclic) bond motifs is 1. The summed E-state index contributed by atoms with van der Waals surface area (Å²) in [4.78, 5) is 48.4. The molecule has 3 heterocycles. The predicted octanol–water partition coefficient (Wildman–Crippen LogP) is 2.48. The summed E-state index contributed by atoms with van der Waals surface area (Å²) in [5, 5.41) is 10.8. The summed E-state index contributed by atoms with van der Waals surface area (Å²) < 4.78 is 6.94. The number of carbonyl (C=O) groups excluding carboxylic acids is 1. The molecule has 0 aliphatic carbocycles. The largest absolute Gasteiger partial charge is 0.426 e. The highest BCUT2D eigenvalue weighted by atomic mass is 16.6. The van der Waals surface area contributed by atoms with E-state index in [1.165, 1.54) is 41.2 Å². The molecule has 1 unspecified atom stereocenters. The van der Waals surface area contributed by atoms with Crippen LogP contribution in [0, 0.1) is 10.1 Å². The molecule has 0 radical (unpaired) electrons. The SMILES string of the molecule is O=C(Oc1ccc([N+](=O)[O-])cc1)C1CCCCn2c1nc(-c1ccncn1)cc2=O. The van der Waals surface area contributed by atoms with Crippen molar-refractivity contribution in [2.75, 3.05) is 0 Å². The lowest BCUT2D eigenvalue weighted by Gasteiger charge is -2.17. The van der Waals surface area contributed by atoms with Crippen molar-refractivity contribution < 1.29 is 14.5 Å². The van der Waals surface area contributed by atoms with Crippen LogP contribution in [0.4, 0.5) is 5.69 Å². The molecule has 10 nitrogen and oxygen atoms in total. The minimum Gasteiger partial charge on any atom is -0.426 e. The quantitative estimate of drug-likeness (QED) is 0.279. The van der Waals surface area contributed by atoms with E-state index in [9.17, 15) is 19.7 Å². The summed E-state index contributed by atoms with van der Waals surface area (Å²) in [5.74, 6) is -0.778. The van der Waals surface area contributed by atoms with Crippen LogP contribution >= 0.6 is 0 Å². The zero-order chi connectivity index (χ0) is 21.1. The normalized spacial score (nSPS) is 15.7. The highest BCUT2D eigenvalue weighted by Gasteiger charge is 2.30. The van der Waals surface area contributed by atoms with E-state index in [4.69, 9.17) is 4.74 Å². The van der Waals surface area contributed by atoms with Crippen molar-refractivity contribution >= 4 is 11.7 Å². The molecular weight excluding hydrogens is 390 g/mol. The summed E-state index contributed by atoms with van der Waals surface area (Å²) in [7, 11) is 0. The summed E-state index contributed by atoms with van der Waals surface area (Å²) in [6.45, 7) is 0.465. The number of nitro groups is 1. The predicted molar refractivity (Wildman–Crippen MR) is 105 cm³/mol. The van der Waals surface area contributed by atoms with Gasteiger partial charge in [-0.2, -0.15) is 0 Å². The first kappa shape index (κ1) is 19.4. The highest BCUT2D eigenvalue weighted by molar-refractivity contribution is 5.79. The number of ether oxygens (including phenoxy) is 1. The number of nitro benzene ring substituents is 1. The van der Waals surface area contributed by atoms with Crippen LogP contribution in [0.25, 0.3) is 11.4 Å². The summed E-state index contributed by atoms with van der Waals surface area (Å²) in [6, 6.07) is 8.30. The molecule has 4 rings (SSSR count). The van der Waals surface area contributed by atoms with Gasteiger partial charge in [-0.1, -0.05) is 6.42 Å². The second-order valence-electron chi connectivity index (χ2n) is 6.80. The number of hydrogen-bond acceptors (Lipinski definition) is 8. The molecule has 0 amide bonds. The van der Waals surface area contributed by atoms with Gasteiger partial charge >= 0.3 is 5.97 Å². The molecule has 1 aliphatic heterocycles. The first-order valence-corrected chi connectivity index (χ1v) is 9.37. The minimum atomic E-state index is -0.739. The first-order valence-electron chi connectivity index (χ1n) is 9.37. The Bertz CT molecular complexity index is 1140. The Balaban J connectivity index is 1.67. The zero-order valence-corrected chi connectivity index (χ0v) is 15.8. The third-order valence-corrected chi connectivity index (χ3v) is 4.87. The van der Waals surface area contributed by atoms with Gasteiger partial charge in [0.05, 0.1) is 16.3 Å². The van der Waals surface area contributed by atoms with Gasteiger partial charge < -0.3 is 4.74 Å². The number of nitrogens with zero attached hydrogens (tertiary/aromatic N) is 5. The lowest BCUT2D eigenvalue weighted by atomic mass is 10.0. The molecular formula is C20H17N5O5. The Morgan fingerprint density at radius 2 is 1.97 bits per heavy atom. The van der Waals surface area contributed by atoms with E-state index < -0.39 is 16.8 Å². The van der Waals surface area contributed by atoms with Crippen molar-refractivity contribution in [3.05, 3.63) is 75.2 Å². The van der Waals surface area contributed by atoms with Gasteiger partial charge in [0.25, 0.3) is 11.2 Å². The molecule has 3 aromatic rings. The second-order valence-corrected chi connectivity index (χ2v) is 6.80. The van der Waals surface area contributed by atoms with Crippen LogP contribution in [0.1, 0.15) is 31.0 Å². The molecule has 0 saturated heterocycles. The maximum Gasteiger partial charge on any atom is 0.322 e. The van der Waals surface area contributed by atoms with E-state index in [2.05, 4.69) is 15.0 Å². The van der Waals surface area contributed by atoms with Crippen LogP contribution in [-0.4, -0.2) is 30.4 Å². The number of carbonyl (C=O) groups is 1. The van der Waals surface area contributed by atoms with E-state index in [0.29, 0.717) is 30.2 Å². The molecule has 0 fully saturated rings. The Morgan fingerprint density at radius 3 is 2.67 bits per heavy atom. The van der Waals surface area contributed by atoms with Gasteiger partial charge in [0.1, 0.15) is 23.8 Å². The fourth-order valence-corrected chi connectivity index (χ4v) is 3.38. The van der Waals surface area contributed by atoms with Gasteiger partial charge in [-0.05, 0) is 31.0 Å². The molecule has 2 aromatic heterocycles. The molecule has 0 bridgehead atoms. The molecule has 0 spiro atoms. The summed E-state index contributed by atoms with van der Waals surface area (Å²) in [6.07, 6.45) is 4.86. The van der Waals surface area contributed by atoms with Crippen LogP contribution in [0.3, 0.4) is 0 Å². The minimum absolute atomic E-state index is 0.0997. The van der Waals surface area contributed by atoms with E-state index in [-0.39, 0.29) is 17.0 Å². The zero-order valence-electron chi connectivity index (χ0n) is 15.8. The summed E-state index contributed by atoms with van der Waals surface area (Å²) >= 11 is 0. The fourth-order valence-electron chi connectivity index (χ4n) is 3.38. The smallest absolute Gasteiger partial charge is 0.322 e. The topological polar surface area (TPSA) is 130 Å². The van der Waals surface area contributed by atoms with Gasteiger partial charge in [-0.15, -0.1) is 0 Å². The second kappa shape index (κ2) is 8.19. The fraction of sp³-hybridized carbons (Fsp3) is 0.250. The summed E-state index contributed by atoms with van der Waals surface area (Å²) in [5.41, 5.74) is 0.488. The van der Waals surface area contributed by atoms with Crippen molar-refractivity contribution in [3.8, 4) is 17.1 Å². The van der Waals surface area contributed by atoms with Gasteiger partial charge in [-0.25, -0.2) is 15.0 Å². The maximum atomic E-state index is 12.9. The van der Waals surface area contributed by atoms with E-state index >= 15 is 0 Å². The van der Waals surface area contributed by atoms with Gasteiger partial charge in [0, 0.05) is 30.9 Å². The molecule has 30 heavy (non-hydrogen) atoms. The van der Waals surface area contributed by atoms with Crippen LogP contribution in [0.5, 0.6) is 5.75 Å². The van der Waals surface area contributed by atoms with Gasteiger partial charge in [0.15, 0.2) is 0 Å². The first-order chi connectivity index (χ1) is 14.5. The number of esters is 1. The third-order valence-electron chi connectivity index (χ3n) is 4.87. The van der Waals surface area contributed by atoms with E-state index in [0.717, 1.165) is 12.8 Å². The third kappa shape index (κ3) is 3.93. The van der Waals surface area contributed by atoms with Crippen molar-refractivity contribution in [1.82, 2.24) is 19.5 Å². The monoisotopic (exact) mass is 407 g/mol. The van der Waals surface area contributed by atoms with Crippen molar-refractivity contribution in [1.29, 1.82) is 0 Å². The maximum absolute atomic E-state index is 12.9. The van der Waals surface area contributed by atoms with Gasteiger partial charge in [0.2, 0.25) is 0 Å². The van der Waals surface area contributed by atoms with Crippen molar-refractivity contribution in [3.63, 3.8) is 0 Å². The van der Waals surface area contributed by atoms with Crippen LogP contribution in [0.2, 0.25) is 0 Å². The van der Waals surface area contributed by atoms with E-state index in [1.807, 2.05) is 0 Å². The Kier molecular flexibility index (Phi) is 5.29. The standard InChI is InChI=1S/C20H17N5O5/c26-18-11-17(16-8-9-21-12-22-16)23-19-15(3-1-2-10-24(18)19)20(27)30-14-6-4-13(5-7-14)25(28)29/h4-9,11-12,15H,1-3,10H2. The van der Waals surface area contributed by atoms with Crippen LogP contribution < -0.4 is 10.3 Å². The molecule has 0 saturated carbocycles. The van der Waals surface area contributed by atoms with Gasteiger partial charge in [-0.3, -0.25) is 24.3 Å². The van der Waals surface area contributed by atoms with Crippen molar-refractivity contribution in [2.24, 2.45) is 0 Å². The average molecular weight is 407 g/mol. The Labute approximate surface area is 170 Å². The molecule has 1 aliphatic rings. The van der Waals surface area contributed by atoms with Crippen LogP contribution in [-0.2, 0) is 11.3 Å². The van der Waals surface area contributed by atoms with Crippen molar-refractivity contribution in [2.45, 2.75) is 31.7 Å². The number of rotatable bonds is 4. The molecule has 1 aromatic carbocycles. The molecule has 1 atom stereocenters. The molecule has 152 valence electrons. The molecule has 0 N–H and O–H groups in total. The van der Waals surface area contributed by atoms with Crippen LogP contribution in [0.15, 0.2) is 53.7 Å². The number of non-ortho nitro benzene ring substituents is 1. The molecule has 10 heteroatoms. The lowest BCUT2D eigenvalue weighted by Crippen LogP contribution is -2.29. The number of hydrogen-bond donors (Lipinski definition) is 0. The highest BCUT2D eigenvalue weighted by Crippen LogP contribution is 2.28.